The third-order valence-electron chi connectivity index (χ3n) is 4.60. The molecule has 0 unspecified atom stereocenters. The zero-order chi connectivity index (χ0) is 20.1. The Hall–Kier alpha value is -2.93. The van der Waals surface area contributed by atoms with E-state index in [4.69, 9.17) is 20.6 Å². The van der Waals surface area contributed by atoms with E-state index in [0.717, 1.165) is 18.4 Å². The summed E-state index contributed by atoms with van der Waals surface area (Å²) < 4.78 is 11.0. The number of rotatable bonds is 6. The van der Waals surface area contributed by atoms with Crippen LogP contribution in [0.25, 0.3) is 0 Å². The van der Waals surface area contributed by atoms with Gasteiger partial charge in [0.1, 0.15) is 11.6 Å². The highest BCUT2D eigenvalue weighted by Crippen LogP contribution is 2.23. The number of pyridine rings is 1. The molecule has 0 spiro atoms. The van der Waals surface area contributed by atoms with Crippen LogP contribution in [0.1, 0.15) is 37.8 Å². The number of anilines is 2. The monoisotopic (exact) mass is 383 g/mol. The zero-order valence-corrected chi connectivity index (χ0v) is 16.3. The fourth-order valence-corrected chi connectivity index (χ4v) is 3.12. The van der Waals surface area contributed by atoms with Crippen LogP contribution in [0.4, 0.5) is 11.5 Å². The molecule has 0 bridgehead atoms. The van der Waals surface area contributed by atoms with E-state index >= 15 is 0 Å². The summed E-state index contributed by atoms with van der Waals surface area (Å²) in [7, 11) is 0. The van der Waals surface area contributed by atoms with E-state index in [1.807, 2.05) is 26.0 Å². The second-order valence-electron chi connectivity index (χ2n) is 7.13. The molecule has 7 heteroatoms. The van der Waals surface area contributed by atoms with Gasteiger partial charge in [-0.3, -0.25) is 10.2 Å². The van der Waals surface area contributed by atoms with Gasteiger partial charge in [-0.15, -0.1) is 0 Å². The molecule has 1 saturated heterocycles. The minimum Gasteiger partial charge on any atom is -0.491 e. The van der Waals surface area contributed by atoms with E-state index in [-0.39, 0.29) is 17.9 Å². The first-order valence-electron chi connectivity index (χ1n) is 9.48. The summed E-state index contributed by atoms with van der Waals surface area (Å²) in [6.07, 6.45) is 3.11. The number of carbonyl (C=O) groups is 1. The standard InChI is InChI=1S/C21H26N4O3/c1-13(2)28-16-3-4-18(22)17(12-16)20(23)15-5-8-24-19(11-15)25-21(26)14-6-9-27-10-7-14/h3-5,8,11-14,23H,6-7,9-10,22H2,1-2H3,(H,24,25,26)/p+1. The molecule has 0 radical (unpaired) electrons. The summed E-state index contributed by atoms with van der Waals surface area (Å²) in [5.41, 5.74) is 8.58. The van der Waals surface area contributed by atoms with Gasteiger partial charge in [-0.05, 0) is 57.0 Å². The third-order valence-corrected chi connectivity index (χ3v) is 4.60. The molecule has 1 amide bonds. The van der Waals surface area contributed by atoms with Crippen molar-refractivity contribution >= 4 is 23.1 Å². The summed E-state index contributed by atoms with van der Waals surface area (Å²) in [5, 5.41) is 9.26. The molecule has 0 atom stereocenters. The van der Waals surface area contributed by atoms with E-state index in [9.17, 15) is 4.79 Å². The minimum atomic E-state index is -0.0546. The SMILES string of the molecule is CC(C)Oc1ccc(N)c(C(=[NH2+])c2ccnc(NC(=O)C3CCOCC3)c2)c1. The van der Waals surface area contributed by atoms with E-state index in [1.54, 1.807) is 24.4 Å². The number of nitrogens with one attached hydrogen (secondary N) is 1. The van der Waals surface area contributed by atoms with Crippen molar-refractivity contribution in [2.24, 2.45) is 5.92 Å². The Bertz CT molecular complexity index is 860. The first-order chi connectivity index (χ1) is 13.4. The second kappa shape index (κ2) is 8.84. The summed E-state index contributed by atoms with van der Waals surface area (Å²) in [5.74, 6) is 1.06. The highest BCUT2D eigenvalue weighted by atomic mass is 16.5. The molecule has 148 valence electrons. The molecule has 1 aliphatic rings. The summed E-state index contributed by atoms with van der Waals surface area (Å²) >= 11 is 0. The van der Waals surface area contributed by atoms with Crippen molar-refractivity contribution in [1.29, 1.82) is 0 Å². The largest absolute Gasteiger partial charge is 0.491 e. The van der Waals surface area contributed by atoms with Crippen molar-refractivity contribution in [3.05, 3.63) is 47.7 Å². The number of nitrogens with two attached hydrogens (primary N) is 2. The van der Waals surface area contributed by atoms with Crippen molar-refractivity contribution in [1.82, 2.24) is 4.98 Å². The molecule has 0 aliphatic carbocycles. The molecule has 28 heavy (non-hydrogen) atoms. The van der Waals surface area contributed by atoms with Crippen LogP contribution < -0.4 is 21.2 Å². The quantitative estimate of drug-likeness (QED) is 0.516. The number of hydrogen-bond donors (Lipinski definition) is 3. The lowest BCUT2D eigenvalue weighted by molar-refractivity contribution is -0.122. The Labute approximate surface area is 164 Å². The molecule has 1 fully saturated rings. The Morgan fingerprint density at radius 3 is 2.75 bits per heavy atom. The van der Waals surface area contributed by atoms with Gasteiger partial charge in [0, 0.05) is 31.0 Å². The molecular formula is C21H27N4O3+. The van der Waals surface area contributed by atoms with Crippen molar-refractivity contribution in [2.75, 3.05) is 24.3 Å². The van der Waals surface area contributed by atoms with Gasteiger partial charge < -0.3 is 20.5 Å². The van der Waals surface area contributed by atoms with Crippen molar-refractivity contribution in [3.63, 3.8) is 0 Å². The fraction of sp³-hybridized carbons (Fsp3) is 0.381. The molecule has 1 aromatic heterocycles. The van der Waals surface area contributed by atoms with Gasteiger partial charge in [0.2, 0.25) is 11.6 Å². The molecule has 0 saturated carbocycles. The molecule has 3 rings (SSSR count). The number of benzene rings is 1. The second-order valence-corrected chi connectivity index (χ2v) is 7.13. The van der Waals surface area contributed by atoms with Crippen molar-refractivity contribution in [3.8, 4) is 5.75 Å². The molecule has 1 aromatic carbocycles. The Balaban J connectivity index is 1.77. The van der Waals surface area contributed by atoms with Crippen molar-refractivity contribution in [2.45, 2.75) is 32.8 Å². The van der Waals surface area contributed by atoms with Crippen LogP contribution in [-0.4, -0.2) is 35.9 Å². The molecule has 5 N–H and O–H groups in total. The summed E-state index contributed by atoms with van der Waals surface area (Å²) in [4.78, 5) is 16.7. The highest BCUT2D eigenvalue weighted by Gasteiger charge is 2.22. The number of amides is 1. The van der Waals surface area contributed by atoms with E-state index in [1.165, 1.54) is 0 Å². The van der Waals surface area contributed by atoms with Gasteiger partial charge in [-0.25, -0.2) is 4.98 Å². The smallest absolute Gasteiger partial charge is 0.228 e. The van der Waals surface area contributed by atoms with E-state index < -0.39 is 0 Å². The number of ether oxygens (including phenoxy) is 2. The van der Waals surface area contributed by atoms with E-state index in [2.05, 4.69) is 10.3 Å². The van der Waals surface area contributed by atoms with Crippen LogP contribution in [0.5, 0.6) is 5.75 Å². The van der Waals surface area contributed by atoms with Gasteiger partial charge in [-0.1, -0.05) is 0 Å². The molecular weight excluding hydrogens is 356 g/mol. The van der Waals surface area contributed by atoms with Crippen LogP contribution in [0, 0.1) is 5.92 Å². The summed E-state index contributed by atoms with van der Waals surface area (Å²) in [6, 6.07) is 8.95. The lowest BCUT2D eigenvalue weighted by Gasteiger charge is -2.21. The van der Waals surface area contributed by atoms with Crippen LogP contribution in [0.2, 0.25) is 0 Å². The molecule has 2 heterocycles. The molecule has 1 aliphatic heterocycles. The first-order valence-corrected chi connectivity index (χ1v) is 9.48. The maximum Gasteiger partial charge on any atom is 0.228 e. The lowest BCUT2D eigenvalue weighted by Crippen LogP contribution is -2.41. The Morgan fingerprint density at radius 1 is 1.29 bits per heavy atom. The van der Waals surface area contributed by atoms with Gasteiger partial charge in [0.25, 0.3) is 0 Å². The highest BCUT2D eigenvalue weighted by molar-refractivity contribution is 6.12. The zero-order valence-electron chi connectivity index (χ0n) is 16.3. The number of hydrogen-bond acceptors (Lipinski definition) is 5. The maximum atomic E-state index is 12.4. The summed E-state index contributed by atoms with van der Waals surface area (Å²) in [6.45, 7) is 5.14. The Morgan fingerprint density at radius 2 is 2.04 bits per heavy atom. The van der Waals surface area contributed by atoms with Crippen LogP contribution in [0.3, 0.4) is 0 Å². The normalized spacial score (nSPS) is 14.7. The lowest BCUT2D eigenvalue weighted by atomic mass is 9.99. The number of nitrogens with zero attached hydrogens (tertiary/aromatic N) is 1. The van der Waals surface area contributed by atoms with E-state index in [0.29, 0.717) is 41.7 Å². The minimum absolute atomic E-state index is 0.0432. The Kier molecular flexibility index (Phi) is 6.26. The van der Waals surface area contributed by atoms with Gasteiger partial charge in [0.15, 0.2) is 0 Å². The van der Waals surface area contributed by atoms with Crippen LogP contribution >= 0.6 is 0 Å². The number of carbonyl (C=O) groups excluding carboxylic acids is 1. The maximum absolute atomic E-state index is 12.4. The number of nitrogen functional groups attached to an aromatic ring is 1. The van der Waals surface area contributed by atoms with Gasteiger partial charge in [0.05, 0.1) is 17.2 Å². The fourth-order valence-electron chi connectivity index (χ4n) is 3.12. The van der Waals surface area contributed by atoms with Gasteiger partial charge >= 0.3 is 0 Å². The predicted octanol–water partition coefficient (Wildman–Crippen LogP) is 1.41. The average Bonchev–Trinajstić information content (AvgIpc) is 2.69. The van der Waals surface area contributed by atoms with Crippen LogP contribution in [-0.2, 0) is 9.53 Å². The topological polar surface area (TPSA) is 112 Å². The third kappa shape index (κ3) is 4.86. The van der Waals surface area contributed by atoms with Crippen molar-refractivity contribution < 1.29 is 19.7 Å². The number of aromatic nitrogens is 1. The van der Waals surface area contributed by atoms with Gasteiger partial charge in [-0.2, -0.15) is 0 Å². The molecule has 7 nitrogen and oxygen atoms in total. The molecule has 2 aromatic rings. The average molecular weight is 383 g/mol. The predicted molar refractivity (Wildman–Crippen MR) is 108 cm³/mol. The van der Waals surface area contributed by atoms with Crippen LogP contribution in [0.15, 0.2) is 36.5 Å². The first kappa shape index (κ1) is 19.8.